The second kappa shape index (κ2) is 8.98. The van der Waals surface area contributed by atoms with Crippen LogP contribution >= 0.6 is 0 Å². The molecule has 2 unspecified atom stereocenters. The van der Waals surface area contributed by atoms with Gasteiger partial charge in [0.15, 0.2) is 5.82 Å². The van der Waals surface area contributed by atoms with E-state index in [2.05, 4.69) is 32.7 Å². The van der Waals surface area contributed by atoms with E-state index in [0.29, 0.717) is 11.7 Å². The first kappa shape index (κ1) is 19.3. The first-order chi connectivity index (χ1) is 14.3. The Morgan fingerprint density at radius 2 is 2.10 bits per heavy atom. The van der Waals surface area contributed by atoms with Crippen molar-refractivity contribution in [3.63, 3.8) is 0 Å². The molecule has 154 valence electrons. The smallest absolute Gasteiger partial charge is 0.177 e. The molecule has 1 saturated carbocycles. The van der Waals surface area contributed by atoms with E-state index in [9.17, 15) is 0 Å². The molecule has 0 bridgehead atoms. The van der Waals surface area contributed by atoms with Crippen LogP contribution < -0.4 is 16.4 Å². The van der Waals surface area contributed by atoms with E-state index in [1.54, 1.807) is 12.5 Å². The Labute approximate surface area is 171 Å². The van der Waals surface area contributed by atoms with Crippen LogP contribution in [0, 0.1) is 0 Å². The summed E-state index contributed by atoms with van der Waals surface area (Å²) in [5, 5.41) is 19.4. The lowest BCUT2D eigenvalue weighted by Crippen LogP contribution is -2.32. The average Bonchev–Trinajstić information content (AvgIpc) is 3.25. The summed E-state index contributed by atoms with van der Waals surface area (Å²) in [6.07, 6.45) is 13.2. The first-order valence-electron chi connectivity index (χ1n) is 10.4. The van der Waals surface area contributed by atoms with Crippen LogP contribution in [-0.2, 0) is 4.74 Å². The number of aromatic nitrogens is 4. The Hall–Kier alpha value is -3.03. The number of nitrogens with two attached hydrogens (primary N) is 1. The molecule has 1 aliphatic heterocycles. The van der Waals surface area contributed by atoms with E-state index in [1.807, 2.05) is 29.0 Å². The van der Waals surface area contributed by atoms with Crippen LogP contribution in [0.25, 0.3) is 0 Å². The van der Waals surface area contributed by atoms with Gasteiger partial charge in [0.05, 0.1) is 23.7 Å². The number of nitrogen functional groups attached to an aromatic ring is 1. The SMILES string of the molecule is C=CNc1ccc(NC(c2nnnn2C2CCCCC2)C2CCC=CO2)cc1N. The van der Waals surface area contributed by atoms with Gasteiger partial charge in [-0.15, -0.1) is 5.10 Å². The second-order valence-electron chi connectivity index (χ2n) is 7.67. The molecule has 8 nitrogen and oxygen atoms in total. The van der Waals surface area contributed by atoms with Gasteiger partial charge in [-0.3, -0.25) is 0 Å². The minimum atomic E-state index is -0.172. The molecule has 2 atom stereocenters. The topological polar surface area (TPSA) is 103 Å². The van der Waals surface area contributed by atoms with Crippen molar-refractivity contribution in [1.29, 1.82) is 0 Å². The van der Waals surface area contributed by atoms with Crippen molar-refractivity contribution in [2.45, 2.75) is 63.1 Å². The summed E-state index contributed by atoms with van der Waals surface area (Å²) in [5.74, 6) is 0.823. The Kier molecular flexibility index (Phi) is 5.97. The fourth-order valence-electron chi connectivity index (χ4n) is 4.19. The molecule has 2 aromatic rings. The lowest BCUT2D eigenvalue weighted by Gasteiger charge is -2.31. The number of rotatable bonds is 7. The maximum atomic E-state index is 6.19. The number of allylic oxidation sites excluding steroid dienone is 1. The highest BCUT2D eigenvalue weighted by Gasteiger charge is 2.32. The molecule has 0 amide bonds. The molecule has 0 saturated heterocycles. The maximum absolute atomic E-state index is 6.19. The molecular weight excluding hydrogens is 366 g/mol. The molecule has 1 fully saturated rings. The van der Waals surface area contributed by atoms with Gasteiger partial charge in [-0.05, 0) is 66.6 Å². The van der Waals surface area contributed by atoms with Crippen molar-refractivity contribution < 1.29 is 4.74 Å². The first-order valence-corrected chi connectivity index (χ1v) is 10.4. The average molecular weight is 396 g/mol. The Bertz CT molecular complexity index is 856. The van der Waals surface area contributed by atoms with Crippen molar-refractivity contribution in [3.05, 3.63) is 49.1 Å². The zero-order valence-electron chi connectivity index (χ0n) is 16.6. The molecule has 0 radical (unpaired) electrons. The third kappa shape index (κ3) is 4.36. The molecule has 2 heterocycles. The molecule has 0 spiro atoms. The molecule has 4 rings (SSSR count). The Morgan fingerprint density at radius 1 is 1.24 bits per heavy atom. The normalized spacial score (nSPS) is 20.6. The van der Waals surface area contributed by atoms with Crippen molar-refractivity contribution in [3.8, 4) is 0 Å². The Balaban J connectivity index is 1.63. The van der Waals surface area contributed by atoms with E-state index in [-0.39, 0.29) is 12.1 Å². The summed E-state index contributed by atoms with van der Waals surface area (Å²) < 4.78 is 7.97. The predicted octanol–water partition coefficient (Wildman–Crippen LogP) is 4.16. The van der Waals surface area contributed by atoms with E-state index in [4.69, 9.17) is 10.5 Å². The standard InChI is InChI=1S/C21H29N7O/c1-2-23-18-12-11-15(14-17(18)22)24-20(19-10-6-7-13-29-19)21-25-26-27-28(21)16-8-4-3-5-9-16/h2,7,11-14,16,19-20,23-24H,1,3-6,8-10,22H2. The highest BCUT2D eigenvalue weighted by Crippen LogP contribution is 2.34. The third-order valence-electron chi connectivity index (χ3n) is 5.69. The van der Waals surface area contributed by atoms with Crippen LogP contribution in [0.2, 0.25) is 0 Å². The summed E-state index contributed by atoms with van der Waals surface area (Å²) in [4.78, 5) is 0. The maximum Gasteiger partial charge on any atom is 0.177 e. The third-order valence-corrected chi connectivity index (χ3v) is 5.69. The summed E-state index contributed by atoms with van der Waals surface area (Å²) in [6.45, 7) is 3.69. The largest absolute Gasteiger partial charge is 0.496 e. The molecule has 2 aliphatic rings. The zero-order chi connectivity index (χ0) is 20.1. The molecule has 4 N–H and O–H groups in total. The summed E-state index contributed by atoms with van der Waals surface area (Å²) in [6, 6.07) is 6.01. The minimum absolute atomic E-state index is 0.0551. The van der Waals surface area contributed by atoms with Crippen molar-refractivity contribution in [1.82, 2.24) is 20.2 Å². The predicted molar refractivity (Wildman–Crippen MR) is 114 cm³/mol. The number of ether oxygens (including phenoxy) is 1. The summed E-state index contributed by atoms with van der Waals surface area (Å²) in [5.41, 5.74) is 8.56. The fourth-order valence-corrected chi connectivity index (χ4v) is 4.19. The van der Waals surface area contributed by atoms with Gasteiger partial charge in [-0.2, -0.15) is 0 Å². The van der Waals surface area contributed by atoms with Crippen molar-refractivity contribution in [2.75, 3.05) is 16.4 Å². The minimum Gasteiger partial charge on any atom is -0.496 e. The quantitative estimate of drug-likeness (QED) is 0.605. The molecule has 1 aromatic heterocycles. The van der Waals surface area contributed by atoms with Gasteiger partial charge < -0.3 is 21.1 Å². The number of anilines is 3. The van der Waals surface area contributed by atoms with E-state index >= 15 is 0 Å². The Morgan fingerprint density at radius 3 is 2.83 bits per heavy atom. The number of nitrogens with zero attached hydrogens (tertiary/aromatic N) is 4. The highest BCUT2D eigenvalue weighted by molar-refractivity contribution is 5.72. The van der Waals surface area contributed by atoms with Crippen LogP contribution in [0.1, 0.15) is 62.9 Å². The molecule has 8 heteroatoms. The molecule has 1 aliphatic carbocycles. The van der Waals surface area contributed by atoms with Crippen molar-refractivity contribution in [2.24, 2.45) is 0 Å². The summed E-state index contributed by atoms with van der Waals surface area (Å²) in [7, 11) is 0. The number of nitrogens with one attached hydrogen (secondary N) is 2. The lowest BCUT2D eigenvalue weighted by molar-refractivity contribution is 0.1000. The lowest BCUT2D eigenvalue weighted by atomic mass is 9.95. The molecule has 29 heavy (non-hydrogen) atoms. The van der Waals surface area contributed by atoms with Crippen LogP contribution in [0.15, 0.2) is 43.3 Å². The fraction of sp³-hybridized carbons (Fsp3) is 0.476. The van der Waals surface area contributed by atoms with Crippen molar-refractivity contribution >= 4 is 17.1 Å². The second-order valence-corrected chi connectivity index (χ2v) is 7.67. The van der Waals surface area contributed by atoms with E-state index in [0.717, 1.165) is 42.9 Å². The van der Waals surface area contributed by atoms with Crippen LogP contribution in [-0.4, -0.2) is 26.3 Å². The highest BCUT2D eigenvalue weighted by atomic mass is 16.5. The van der Waals surface area contributed by atoms with Crippen LogP contribution in [0.4, 0.5) is 17.1 Å². The van der Waals surface area contributed by atoms with E-state index in [1.165, 1.54) is 19.3 Å². The number of tetrazole rings is 1. The van der Waals surface area contributed by atoms with E-state index < -0.39 is 0 Å². The van der Waals surface area contributed by atoms with Gasteiger partial charge in [0.2, 0.25) is 0 Å². The molecular formula is C21H29N7O. The number of hydrogen-bond acceptors (Lipinski definition) is 7. The number of benzene rings is 1. The monoisotopic (exact) mass is 395 g/mol. The zero-order valence-corrected chi connectivity index (χ0v) is 16.6. The molecule has 1 aromatic carbocycles. The van der Waals surface area contributed by atoms with Crippen LogP contribution in [0.5, 0.6) is 0 Å². The van der Waals surface area contributed by atoms with Gasteiger partial charge in [0, 0.05) is 5.69 Å². The summed E-state index contributed by atoms with van der Waals surface area (Å²) >= 11 is 0. The van der Waals surface area contributed by atoms with Gasteiger partial charge >= 0.3 is 0 Å². The van der Waals surface area contributed by atoms with Crippen LogP contribution in [0.3, 0.4) is 0 Å². The van der Waals surface area contributed by atoms with Gasteiger partial charge in [-0.25, -0.2) is 4.68 Å². The van der Waals surface area contributed by atoms with Gasteiger partial charge in [-0.1, -0.05) is 25.8 Å². The van der Waals surface area contributed by atoms with Gasteiger partial charge in [0.25, 0.3) is 0 Å². The van der Waals surface area contributed by atoms with Gasteiger partial charge in [0.1, 0.15) is 12.1 Å². The number of hydrogen-bond donors (Lipinski definition) is 3.